The van der Waals surface area contributed by atoms with Crippen LogP contribution in [0.1, 0.15) is 61.3 Å². The Bertz CT molecular complexity index is 355. The normalized spacial score (nSPS) is 18.5. The zero-order valence-corrected chi connectivity index (χ0v) is 15.3. The van der Waals surface area contributed by atoms with E-state index in [-0.39, 0.29) is 13.2 Å². The van der Waals surface area contributed by atoms with Crippen molar-refractivity contribution in [3.8, 4) is 11.8 Å². The Balaban J connectivity index is 5.30. The first kappa shape index (κ1) is 21.4. The maximum absolute atomic E-state index is 9.56. The number of hydrogen-bond donors (Lipinski definition) is 2. The van der Waals surface area contributed by atoms with E-state index in [0.29, 0.717) is 11.8 Å². The first-order valence-corrected chi connectivity index (χ1v) is 8.17. The van der Waals surface area contributed by atoms with Crippen LogP contribution in [0.2, 0.25) is 0 Å². The van der Waals surface area contributed by atoms with Crippen molar-refractivity contribution in [2.75, 3.05) is 13.2 Å². The van der Waals surface area contributed by atoms with Gasteiger partial charge in [-0.3, -0.25) is 0 Å². The molecule has 0 saturated carbocycles. The van der Waals surface area contributed by atoms with Crippen LogP contribution < -0.4 is 0 Å². The minimum absolute atomic E-state index is 0.0250. The van der Waals surface area contributed by atoms with Crippen LogP contribution in [0, 0.1) is 23.7 Å². The van der Waals surface area contributed by atoms with Gasteiger partial charge in [-0.1, -0.05) is 39.5 Å². The molecule has 0 spiro atoms. The van der Waals surface area contributed by atoms with Gasteiger partial charge in [-0.25, -0.2) is 0 Å². The van der Waals surface area contributed by atoms with Crippen LogP contribution in [-0.2, 0) is 9.47 Å². The molecule has 2 N–H and O–H groups in total. The van der Waals surface area contributed by atoms with E-state index < -0.39 is 17.5 Å². The summed E-state index contributed by atoms with van der Waals surface area (Å²) >= 11 is 0. The third kappa shape index (κ3) is 9.42. The van der Waals surface area contributed by atoms with Crippen LogP contribution in [-0.4, -0.2) is 40.9 Å². The fraction of sp³-hybridized carbons (Fsp3) is 0.889. The summed E-state index contributed by atoms with van der Waals surface area (Å²) in [6, 6.07) is 0. The molecule has 0 aliphatic carbocycles. The monoisotopic (exact) mass is 314 g/mol. The number of hydrogen-bond acceptors (Lipinski definition) is 4. The van der Waals surface area contributed by atoms with E-state index >= 15 is 0 Å². The number of aliphatic hydroxyl groups is 2. The van der Waals surface area contributed by atoms with Crippen molar-refractivity contribution in [2.24, 2.45) is 11.8 Å². The molecule has 0 aliphatic heterocycles. The molecule has 3 atom stereocenters. The van der Waals surface area contributed by atoms with Crippen LogP contribution in [0.4, 0.5) is 0 Å². The van der Waals surface area contributed by atoms with Gasteiger partial charge in [0, 0.05) is 0 Å². The second-order valence-electron chi connectivity index (χ2n) is 7.20. The average molecular weight is 314 g/mol. The molecule has 0 aliphatic rings. The Morgan fingerprint density at radius 1 is 0.909 bits per heavy atom. The number of rotatable bonds is 9. The summed E-state index contributed by atoms with van der Waals surface area (Å²) in [4.78, 5) is 0. The lowest BCUT2D eigenvalue weighted by Crippen LogP contribution is -2.35. The fourth-order valence-electron chi connectivity index (χ4n) is 2.74. The SMILES string of the molecule is CC(C)CC(C)(C#CC(C)(CC(C)C)OC(C)O)OCCO. The molecule has 0 saturated heterocycles. The van der Waals surface area contributed by atoms with Gasteiger partial charge < -0.3 is 19.7 Å². The Kier molecular flexibility index (Phi) is 9.26. The fourth-order valence-corrected chi connectivity index (χ4v) is 2.74. The summed E-state index contributed by atoms with van der Waals surface area (Å²) in [7, 11) is 0. The molecule has 22 heavy (non-hydrogen) atoms. The van der Waals surface area contributed by atoms with Crippen molar-refractivity contribution >= 4 is 0 Å². The van der Waals surface area contributed by atoms with Gasteiger partial charge in [-0.2, -0.15) is 0 Å². The van der Waals surface area contributed by atoms with E-state index in [1.165, 1.54) is 0 Å². The van der Waals surface area contributed by atoms with Crippen molar-refractivity contribution in [1.82, 2.24) is 0 Å². The van der Waals surface area contributed by atoms with Crippen LogP contribution in [0.5, 0.6) is 0 Å². The largest absolute Gasteiger partial charge is 0.394 e. The molecule has 4 heteroatoms. The van der Waals surface area contributed by atoms with Crippen LogP contribution in [0.3, 0.4) is 0 Å². The number of ether oxygens (including phenoxy) is 2. The highest BCUT2D eigenvalue weighted by atomic mass is 16.6. The Hall–Kier alpha value is -0.600. The van der Waals surface area contributed by atoms with Gasteiger partial charge in [-0.05, 0) is 45.4 Å². The van der Waals surface area contributed by atoms with Gasteiger partial charge in [0.15, 0.2) is 6.29 Å². The summed E-state index contributed by atoms with van der Waals surface area (Å²) in [5.41, 5.74) is -1.35. The topological polar surface area (TPSA) is 58.9 Å². The zero-order chi connectivity index (χ0) is 17.4. The minimum Gasteiger partial charge on any atom is -0.394 e. The highest BCUT2D eigenvalue weighted by Gasteiger charge is 2.29. The molecular formula is C18H34O4. The molecule has 0 bridgehead atoms. The summed E-state index contributed by atoms with van der Waals surface area (Å²) in [5, 5.41) is 18.6. The maximum Gasteiger partial charge on any atom is 0.153 e. The summed E-state index contributed by atoms with van der Waals surface area (Å²) in [6.07, 6.45) is 0.627. The summed E-state index contributed by atoms with van der Waals surface area (Å²) < 4.78 is 11.4. The molecule has 0 radical (unpaired) electrons. The molecule has 0 amide bonds. The Labute approximate surface area is 136 Å². The highest BCUT2D eigenvalue weighted by Crippen LogP contribution is 2.24. The van der Waals surface area contributed by atoms with E-state index in [1.54, 1.807) is 6.92 Å². The van der Waals surface area contributed by atoms with Crippen molar-refractivity contribution in [1.29, 1.82) is 0 Å². The van der Waals surface area contributed by atoms with E-state index in [9.17, 15) is 5.11 Å². The van der Waals surface area contributed by atoms with Gasteiger partial charge >= 0.3 is 0 Å². The standard InChI is InChI=1S/C18H34O4/c1-14(2)12-17(6,21-11-10-19)8-9-18(7,13-15(3)4)22-16(5)20/h14-16,19-20H,10-13H2,1-7H3. The molecule has 0 aromatic carbocycles. The second-order valence-corrected chi connectivity index (χ2v) is 7.20. The van der Waals surface area contributed by atoms with E-state index in [0.717, 1.165) is 12.8 Å². The summed E-state index contributed by atoms with van der Waals surface area (Å²) in [5.74, 6) is 7.19. The lowest BCUT2D eigenvalue weighted by molar-refractivity contribution is -0.151. The molecule has 0 rings (SSSR count). The van der Waals surface area contributed by atoms with Crippen LogP contribution in [0.25, 0.3) is 0 Å². The van der Waals surface area contributed by atoms with Crippen molar-refractivity contribution in [2.45, 2.75) is 78.8 Å². The maximum atomic E-state index is 9.56. The predicted molar refractivity (Wildman–Crippen MR) is 89.3 cm³/mol. The second kappa shape index (κ2) is 9.52. The van der Waals surface area contributed by atoms with Crippen molar-refractivity contribution < 1.29 is 19.7 Å². The first-order chi connectivity index (χ1) is 10.0. The lowest BCUT2D eigenvalue weighted by Gasteiger charge is -2.30. The van der Waals surface area contributed by atoms with Gasteiger partial charge in [0.1, 0.15) is 11.2 Å². The third-order valence-corrected chi connectivity index (χ3v) is 3.13. The van der Waals surface area contributed by atoms with Crippen molar-refractivity contribution in [3.63, 3.8) is 0 Å². The highest BCUT2D eigenvalue weighted by molar-refractivity contribution is 5.21. The third-order valence-electron chi connectivity index (χ3n) is 3.13. The van der Waals surface area contributed by atoms with Crippen LogP contribution in [0.15, 0.2) is 0 Å². The van der Waals surface area contributed by atoms with Gasteiger partial charge in [0.05, 0.1) is 13.2 Å². The lowest BCUT2D eigenvalue weighted by atomic mass is 9.90. The quantitative estimate of drug-likeness (QED) is 0.507. The molecule has 0 heterocycles. The molecule has 0 fully saturated rings. The Morgan fingerprint density at radius 3 is 1.77 bits per heavy atom. The molecule has 0 aromatic rings. The average Bonchev–Trinajstić information content (AvgIpc) is 2.31. The molecule has 4 nitrogen and oxygen atoms in total. The van der Waals surface area contributed by atoms with E-state index in [4.69, 9.17) is 14.6 Å². The summed E-state index contributed by atoms with van der Waals surface area (Å²) in [6.45, 7) is 14.1. The molecule has 0 aromatic heterocycles. The first-order valence-electron chi connectivity index (χ1n) is 8.17. The Morgan fingerprint density at radius 2 is 1.36 bits per heavy atom. The molecule has 3 unspecified atom stereocenters. The van der Waals surface area contributed by atoms with Gasteiger partial charge in [-0.15, -0.1) is 0 Å². The smallest absolute Gasteiger partial charge is 0.153 e. The van der Waals surface area contributed by atoms with Gasteiger partial charge in [0.2, 0.25) is 0 Å². The zero-order valence-electron chi connectivity index (χ0n) is 15.3. The number of aliphatic hydroxyl groups excluding tert-OH is 2. The van der Waals surface area contributed by atoms with E-state index in [2.05, 4.69) is 39.5 Å². The molecule has 130 valence electrons. The minimum atomic E-state index is -0.868. The predicted octanol–water partition coefficient (Wildman–Crippen LogP) is 2.96. The van der Waals surface area contributed by atoms with Crippen LogP contribution >= 0.6 is 0 Å². The van der Waals surface area contributed by atoms with E-state index in [1.807, 2.05) is 13.8 Å². The van der Waals surface area contributed by atoms with Gasteiger partial charge in [0.25, 0.3) is 0 Å². The molecular weight excluding hydrogens is 280 g/mol. The van der Waals surface area contributed by atoms with Crippen molar-refractivity contribution in [3.05, 3.63) is 0 Å².